The van der Waals surface area contributed by atoms with Gasteiger partial charge < -0.3 is 11.1 Å². The Balaban J connectivity index is 1.79. The zero-order valence-electron chi connectivity index (χ0n) is 14.7. The fourth-order valence-corrected chi connectivity index (χ4v) is 3.56. The average Bonchev–Trinajstić information content (AvgIpc) is 2.95. The van der Waals surface area contributed by atoms with Crippen LogP contribution in [0.15, 0.2) is 84.9 Å². The van der Waals surface area contributed by atoms with Gasteiger partial charge in [-0.1, -0.05) is 72.8 Å². The minimum Gasteiger partial charge on any atom is -0.399 e. The van der Waals surface area contributed by atoms with Crippen molar-refractivity contribution in [1.29, 1.82) is 5.41 Å². The summed E-state index contributed by atoms with van der Waals surface area (Å²) in [6.45, 7) is 0.289. The Kier molecular flexibility index (Phi) is 4.12. The van der Waals surface area contributed by atoms with Gasteiger partial charge in [0, 0.05) is 5.69 Å². The van der Waals surface area contributed by atoms with Gasteiger partial charge in [0.15, 0.2) is 11.5 Å². The molecule has 0 radical (unpaired) electrons. The molecule has 1 saturated heterocycles. The molecule has 1 fully saturated rings. The lowest BCUT2D eigenvalue weighted by Gasteiger charge is -2.28. The molecule has 5 nitrogen and oxygen atoms in total. The highest BCUT2D eigenvalue weighted by Gasteiger charge is 2.52. The van der Waals surface area contributed by atoms with Crippen molar-refractivity contribution in [3.63, 3.8) is 0 Å². The zero-order valence-corrected chi connectivity index (χ0v) is 14.7. The summed E-state index contributed by atoms with van der Waals surface area (Å²) >= 11 is 0. The van der Waals surface area contributed by atoms with Crippen LogP contribution >= 0.6 is 0 Å². The highest BCUT2D eigenvalue weighted by molar-refractivity contribution is 6.10. The maximum absolute atomic E-state index is 13.6. The second-order valence-corrected chi connectivity index (χ2v) is 6.59. The molecular formula is C22H20N4O. The highest BCUT2D eigenvalue weighted by atomic mass is 16.2. The van der Waals surface area contributed by atoms with Gasteiger partial charge in [0.05, 0.1) is 6.54 Å². The van der Waals surface area contributed by atoms with E-state index in [1.807, 2.05) is 78.9 Å². The second kappa shape index (κ2) is 6.61. The lowest BCUT2D eigenvalue weighted by Crippen LogP contribution is -2.45. The molecule has 1 aliphatic rings. The van der Waals surface area contributed by atoms with Crippen LogP contribution in [0.2, 0.25) is 0 Å². The fourth-order valence-electron chi connectivity index (χ4n) is 3.56. The number of nitrogen functional groups attached to an aromatic ring is 1. The molecule has 0 spiro atoms. The van der Waals surface area contributed by atoms with Crippen molar-refractivity contribution >= 4 is 17.6 Å². The van der Waals surface area contributed by atoms with Crippen LogP contribution < -0.4 is 11.1 Å². The van der Waals surface area contributed by atoms with E-state index in [1.54, 1.807) is 6.07 Å². The Morgan fingerprint density at radius 1 is 0.889 bits per heavy atom. The third-order valence-electron chi connectivity index (χ3n) is 4.85. The molecule has 0 aromatic heterocycles. The van der Waals surface area contributed by atoms with Crippen LogP contribution in [0.4, 0.5) is 5.69 Å². The molecule has 27 heavy (non-hydrogen) atoms. The Morgan fingerprint density at radius 3 is 2.04 bits per heavy atom. The van der Waals surface area contributed by atoms with Crippen LogP contribution in [0.5, 0.6) is 0 Å². The second-order valence-electron chi connectivity index (χ2n) is 6.59. The standard InChI is InChI=1S/C22H20N4O/c23-19-13-7-8-16(14-19)15-26-20(27)22(25-21(26)24,17-9-3-1-4-10-17)18-11-5-2-6-12-18/h1-14H,15,23H2,(H2,24,25). The molecule has 0 atom stereocenters. The monoisotopic (exact) mass is 356 g/mol. The number of guanidine groups is 1. The van der Waals surface area contributed by atoms with Crippen molar-refractivity contribution in [3.8, 4) is 0 Å². The lowest BCUT2D eigenvalue weighted by molar-refractivity contribution is -0.130. The third kappa shape index (κ3) is 2.83. The third-order valence-corrected chi connectivity index (χ3v) is 4.85. The highest BCUT2D eigenvalue weighted by Crippen LogP contribution is 2.36. The predicted octanol–water partition coefficient (Wildman–Crippen LogP) is 3.08. The summed E-state index contributed by atoms with van der Waals surface area (Å²) < 4.78 is 0. The van der Waals surface area contributed by atoms with Crippen LogP contribution in [0.25, 0.3) is 0 Å². The van der Waals surface area contributed by atoms with E-state index in [1.165, 1.54) is 4.90 Å². The maximum Gasteiger partial charge on any atom is 0.264 e. The van der Waals surface area contributed by atoms with E-state index in [2.05, 4.69) is 5.32 Å². The number of carbonyl (C=O) groups is 1. The smallest absolute Gasteiger partial charge is 0.264 e. The summed E-state index contributed by atoms with van der Waals surface area (Å²) in [4.78, 5) is 15.1. The van der Waals surface area contributed by atoms with Crippen molar-refractivity contribution in [2.75, 3.05) is 5.73 Å². The van der Waals surface area contributed by atoms with E-state index in [9.17, 15) is 4.79 Å². The Bertz CT molecular complexity index is 946. The molecule has 0 unspecified atom stereocenters. The molecular weight excluding hydrogens is 336 g/mol. The van der Waals surface area contributed by atoms with Crippen LogP contribution in [0.3, 0.4) is 0 Å². The number of nitrogens with zero attached hydrogens (tertiary/aromatic N) is 1. The first-order chi connectivity index (χ1) is 13.1. The number of benzene rings is 3. The van der Waals surface area contributed by atoms with Gasteiger partial charge in [0.25, 0.3) is 5.91 Å². The fraction of sp³-hybridized carbons (Fsp3) is 0.0909. The molecule has 134 valence electrons. The molecule has 0 saturated carbocycles. The summed E-state index contributed by atoms with van der Waals surface area (Å²) in [7, 11) is 0. The molecule has 4 rings (SSSR count). The van der Waals surface area contributed by atoms with Gasteiger partial charge in [-0.15, -0.1) is 0 Å². The maximum atomic E-state index is 13.6. The van der Waals surface area contributed by atoms with Crippen molar-refractivity contribution in [2.24, 2.45) is 0 Å². The van der Waals surface area contributed by atoms with Crippen LogP contribution in [-0.4, -0.2) is 16.8 Å². The van der Waals surface area contributed by atoms with Crippen LogP contribution in [0, 0.1) is 5.41 Å². The van der Waals surface area contributed by atoms with Gasteiger partial charge in [0.1, 0.15) is 0 Å². The van der Waals surface area contributed by atoms with Crippen LogP contribution in [0.1, 0.15) is 16.7 Å². The Hall–Kier alpha value is -3.60. The largest absolute Gasteiger partial charge is 0.399 e. The quantitative estimate of drug-likeness (QED) is 0.628. The number of carbonyl (C=O) groups excluding carboxylic acids is 1. The molecule has 5 heteroatoms. The first kappa shape index (κ1) is 16.8. The molecule has 4 N–H and O–H groups in total. The van der Waals surface area contributed by atoms with Gasteiger partial charge in [-0.05, 0) is 28.8 Å². The number of nitrogens with two attached hydrogens (primary N) is 1. The average molecular weight is 356 g/mol. The summed E-state index contributed by atoms with van der Waals surface area (Å²) in [6.07, 6.45) is 0. The lowest BCUT2D eigenvalue weighted by atomic mass is 9.82. The number of hydrogen-bond donors (Lipinski definition) is 3. The first-order valence-corrected chi connectivity index (χ1v) is 8.75. The Morgan fingerprint density at radius 2 is 1.48 bits per heavy atom. The normalized spacial score (nSPS) is 15.6. The van der Waals surface area contributed by atoms with E-state index < -0.39 is 5.54 Å². The molecule has 3 aromatic rings. The predicted molar refractivity (Wildman–Crippen MR) is 106 cm³/mol. The van der Waals surface area contributed by atoms with E-state index in [0.29, 0.717) is 5.69 Å². The van der Waals surface area contributed by atoms with Crippen molar-refractivity contribution in [1.82, 2.24) is 10.2 Å². The molecule has 1 amide bonds. The van der Waals surface area contributed by atoms with Gasteiger partial charge >= 0.3 is 0 Å². The molecule has 0 bridgehead atoms. The minimum absolute atomic E-state index is 0.0788. The summed E-state index contributed by atoms with van der Waals surface area (Å²) in [5, 5.41) is 11.6. The van der Waals surface area contributed by atoms with E-state index >= 15 is 0 Å². The molecule has 1 aliphatic heterocycles. The van der Waals surface area contributed by atoms with Crippen LogP contribution in [-0.2, 0) is 16.9 Å². The molecule has 0 aliphatic carbocycles. The summed E-state index contributed by atoms with van der Waals surface area (Å²) in [5.74, 6) is -0.0949. The summed E-state index contributed by atoms with van der Waals surface area (Å²) in [6, 6.07) is 26.5. The minimum atomic E-state index is -1.11. The number of hydrogen-bond acceptors (Lipinski definition) is 3. The van der Waals surface area contributed by atoms with E-state index in [-0.39, 0.29) is 18.4 Å². The Labute approximate surface area is 157 Å². The van der Waals surface area contributed by atoms with Gasteiger partial charge in [-0.25, -0.2) is 0 Å². The van der Waals surface area contributed by atoms with Crippen molar-refractivity contribution in [3.05, 3.63) is 102 Å². The zero-order chi connectivity index (χ0) is 18.9. The number of anilines is 1. The number of rotatable bonds is 4. The first-order valence-electron chi connectivity index (χ1n) is 8.75. The van der Waals surface area contributed by atoms with E-state index in [0.717, 1.165) is 16.7 Å². The molecule has 1 heterocycles. The van der Waals surface area contributed by atoms with Gasteiger partial charge in [0.2, 0.25) is 0 Å². The molecule has 3 aromatic carbocycles. The van der Waals surface area contributed by atoms with Crippen molar-refractivity contribution < 1.29 is 4.79 Å². The topological polar surface area (TPSA) is 82.2 Å². The number of amides is 1. The SMILES string of the molecule is N=C1NC(c2ccccc2)(c2ccccc2)C(=O)N1Cc1cccc(N)c1. The van der Waals surface area contributed by atoms with Gasteiger partial charge in [-0.2, -0.15) is 0 Å². The number of nitrogens with one attached hydrogen (secondary N) is 2. The van der Waals surface area contributed by atoms with Gasteiger partial charge in [-0.3, -0.25) is 15.1 Å². The van der Waals surface area contributed by atoms with Crippen molar-refractivity contribution in [2.45, 2.75) is 12.1 Å². The summed E-state index contributed by atoms with van der Waals surface area (Å²) in [5.41, 5.74) is 7.88. The van der Waals surface area contributed by atoms with E-state index in [4.69, 9.17) is 11.1 Å².